The molecule has 0 bridgehead atoms. The normalized spacial score (nSPS) is 15.9. The van der Waals surface area contributed by atoms with Crippen molar-refractivity contribution in [2.45, 2.75) is 31.8 Å². The van der Waals surface area contributed by atoms with Crippen LogP contribution >= 0.6 is 0 Å². The van der Waals surface area contributed by atoms with Gasteiger partial charge in [0.25, 0.3) is 0 Å². The summed E-state index contributed by atoms with van der Waals surface area (Å²) < 4.78 is 12.7. The first-order valence-corrected chi connectivity index (χ1v) is 10.3. The van der Waals surface area contributed by atoms with Gasteiger partial charge in [-0.25, -0.2) is 0 Å². The van der Waals surface area contributed by atoms with Gasteiger partial charge < -0.3 is 24.3 Å². The zero-order valence-electron chi connectivity index (χ0n) is 17.2. The van der Waals surface area contributed by atoms with Gasteiger partial charge in [0.15, 0.2) is 0 Å². The monoisotopic (exact) mass is 403 g/mol. The second-order valence-corrected chi connectivity index (χ2v) is 7.81. The van der Waals surface area contributed by atoms with E-state index in [9.17, 15) is 4.79 Å². The molecular weight excluding hydrogens is 378 g/mol. The SMILES string of the molecule is COc1ccc2c(ccn2CC(=O)N[C@@H]2CCCc3c2[nH]c2ccc(OC)cc32)c1. The van der Waals surface area contributed by atoms with Crippen molar-refractivity contribution in [3.05, 3.63) is 59.9 Å². The number of ether oxygens (including phenoxy) is 2. The summed E-state index contributed by atoms with van der Waals surface area (Å²) in [5.41, 5.74) is 4.53. The number of aromatic amines is 1. The van der Waals surface area contributed by atoms with E-state index in [2.05, 4.69) is 16.4 Å². The lowest BCUT2D eigenvalue weighted by atomic mass is 9.91. The number of rotatable bonds is 5. The van der Waals surface area contributed by atoms with Crippen LogP contribution in [-0.4, -0.2) is 29.7 Å². The number of carbonyl (C=O) groups is 1. The number of aromatic nitrogens is 2. The number of aryl methyl sites for hydroxylation is 1. The molecule has 2 aromatic carbocycles. The van der Waals surface area contributed by atoms with Gasteiger partial charge in [-0.3, -0.25) is 4.79 Å². The van der Waals surface area contributed by atoms with E-state index < -0.39 is 0 Å². The Labute approximate surface area is 174 Å². The van der Waals surface area contributed by atoms with Crippen molar-refractivity contribution in [2.75, 3.05) is 14.2 Å². The molecule has 2 N–H and O–H groups in total. The number of nitrogens with one attached hydrogen (secondary N) is 2. The van der Waals surface area contributed by atoms with E-state index in [-0.39, 0.29) is 18.5 Å². The fourth-order valence-corrected chi connectivity index (χ4v) is 4.55. The maximum atomic E-state index is 12.9. The highest BCUT2D eigenvalue weighted by Gasteiger charge is 2.26. The Hall–Kier alpha value is -3.41. The quantitative estimate of drug-likeness (QED) is 0.521. The molecule has 6 nitrogen and oxygen atoms in total. The zero-order valence-corrected chi connectivity index (χ0v) is 17.2. The van der Waals surface area contributed by atoms with Gasteiger partial charge in [-0.05, 0) is 67.3 Å². The van der Waals surface area contributed by atoms with Crippen molar-refractivity contribution in [3.8, 4) is 11.5 Å². The van der Waals surface area contributed by atoms with Crippen LogP contribution in [0.15, 0.2) is 48.7 Å². The minimum absolute atomic E-state index is 0.00145. The Morgan fingerprint density at radius 1 is 1.13 bits per heavy atom. The van der Waals surface area contributed by atoms with Gasteiger partial charge in [0.05, 0.1) is 20.3 Å². The van der Waals surface area contributed by atoms with Gasteiger partial charge in [0.2, 0.25) is 5.91 Å². The third-order valence-electron chi connectivity index (χ3n) is 6.04. The molecule has 0 fully saturated rings. The van der Waals surface area contributed by atoms with Crippen LogP contribution in [0.3, 0.4) is 0 Å². The molecule has 1 aliphatic rings. The fraction of sp³-hybridized carbons (Fsp3) is 0.292. The Morgan fingerprint density at radius 3 is 2.77 bits per heavy atom. The largest absolute Gasteiger partial charge is 0.497 e. The molecule has 154 valence electrons. The van der Waals surface area contributed by atoms with Gasteiger partial charge in [0, 0.05) is 33.7 Å². The van der Waals surface area contributed by atoms with Gasteiger partial charge in [-0.15, -0.1) is 0 Å². The van der Waals surface area contributed by atoms with Crippen LogP contribution in [0.4, 0.5) is 0 Å². The lowest BCUT2D eigenvalue weighted by molar-refractivity contribution is -0.122. The average Bonchev–Trinajstić information content (AvgIpc) is 3.34. The highest BCUT2D eigenvalue weighted by atomic mass is 16.5. The van der Waals surface area contributed by atoms with Crippen molar-refractivity contribution in [1.82, 2.24) is 14.9 Å². The minimum atomic E-state index is 0.00145. The number of H-pyrrole nitrogens is 1. The second kappa shape index (κ2) is 7.44. The summed E-state index contributed by atoms with van der Waals surface area (Å²) in [6, 6.07) is 14.0. The molecule has 4 aromatic rings. The number of hydrogen-bond donors (Lipinski definition) is 2. The molecule has 1 aliphatic carbocycles. The molecule has 2 heterocycles. The second-order valence-electron chi connectivity index (χ2n) is 7.81. The lowest BCUT2D eigenvalue weighted by Gasteiger charge is -2.24. The Bertz CT molecular complexity index is 1240. The molecular formula is C24H25N3O3. The molecule has 0 aliphatic heterocycles. The zero-order chi connectivity index (χ0) is 20.7. The van der Waals surface area contributed by atoms with Crippen molar-refractivity contribution < 1.29 is 14.3 Å². The van der Waals surface area contributed by atoms with Gasteiger partial charge >= 0.3 is 0 Å². The molecule has 0 radical (unpaired) electrons. The van der Waals surface area contributed by atoms with Crippen molar-refractivity contribution in [1.29, 1.82) is 0 Å². The Morgan fingerprint density at radius 2 is 1.93 bits per heavy atom. The third kappa shape index (κ3) is 3.18. The number of fused-ring (bicyclic) bond motifs is 4. The maximum absolute atomic E-state index is 12.9. The summed E-state index contributed by atoms with van der Waals surface area (Å²) in [5.74, 6) is 1.68. The Balaban J connectivity index is 1.37. The van der Waals surface area contributed by atoms with Crippen LogP contribution in [0.5, 0.6) is 11.5 Å². The highest BCUT2D eigenvalue weighted by Crippen LogP contribution is 2.36. The van der Waals surface area contributed by atoms with Crippen LogP contribution in [-0.2, 0) is 17.8 Å². The first-order valence-electron chi connectivity index (χ1n) is 10.3. The smallest absolute Gasteiger partial charge is 0.240 e. The predicted octanol–water partition coefficient (Wildman–Crippen LogP) is 4.33. The molecule has 1 amide bonds. The number of hydrogen-bond acceptors (Lipinski definition) is 3. The first kappa shape index (κ1) is 18.6. The van der Waals surface area contributed by atoms with Crippen LogP contribution in [0.1, 0.15) is 30.1 Å². The number of carbonyl (C=O) groups excluding carboxylic acids is 1. The predicted molar refractivity (Wildman–Crippen MR) is 117 cm³/mol. The molecule has 2 aromatic heterocycles. The number of benzene rings is 2. The fourth-order valence-electron chi connectivity index (χ4n) is 4.55. The molecule has 0 saturated carbocycles. The van der Waals surface area contributed by atoms with E-state index in [4.69, 9.17) is 9.47 Å². The van der Waals surface area contributed by atoms with Gasteiger partial charge in [0.1, 0.15) is 18.0 Å². The average molecular weight is 403 g/mol. The molecule has 0 unspecified atom stereocenters. The molecule has 0 saturated heterocycles. The molecule has 30 heavy (non-hydrogen) atoms. The minimum Gasteiger partial charge on any atom is -0.497 e. The van der Waals surface area contributed by atoms with Gasteiger partial charge in [-0.1, -0.05) is 0 Å². The van der Waals surface area contributed by atoms with Crippen molar-refractivity contribution >= 4 is 27.7 Å². The molecule has 0 spiro atoms. The first-order chi connectivity index (χ1) is 14.7. The summed E-state index contributed by atoms with van der Waals surface area (Å²) in [7, 11) is 3.34. The Kier molecular flexibility index (Phi) is 4.62. The summed E-state index contributed by atoms with van der Waals surface area (Å²) in [5, 5.41) is 5.49. The summed E-state index contributed by atoms with van der Waals surface area (Å²) in [6.07, 6.45) is 4.95. The van der Waals surface area contributed by atoms with E-state index in [0.717, 1.165) is 52.9 Å². The van der Waals surface area contributed by atoms with Crippen LogP contribution < -0.4 is 14.8 Å². The van der Waals surface area contributed by atoms with Crippen LogP contribution in [0, 0.1) is 0 Å². The number of methoxy groups -OCH3 is 2. The van der Waals surface area contributed by atoms with Crippen molar-refractivity contribution in [3.63, 3.8) is 0 Å². The standard InChI is InChI=1S/C24H25N3O3/c1-29-16-7-9-22-15(12-16)10-11-27(22)14-23(28)25-21-5-3-4-18-19-13-17(30-2)6-8-20(19)26-24(18)21/h6-13,21,26H,3-5,14H2,1-2H3,(H,25,28)/t21-/m1/s1. The van der Waals surface area contributed by atoms with Gasteiger partial charge in [-0.2, -0.15) is 0 Å². The molecule has 5 rings (SSSR count). The lowest BCUT2D eigenvalue weighted by Crippen LogP contribution is -2.33. The number of nitrogens with zero attached hydrogens (tertiary/aromatic N) is 1. The highest BCUT2D eigenvalue weighted by molar-refractivity contribution is 5.87. The van der Waals surface area contributed by atoms with Crippen LogP contribution in [0.2, 0.25) is 0 Å². The van der Waals surface area contributed by atoms with Crippen molar-refractivity contribution in [2.24, 2.45) is 0 Å². The molecule has 6 heteroatoms. The van der Waals surface area contributed by atoms with E-state index in [1.165, 1.54) is 10.9 Å². The van der Waals surface area contributed by atoms with E-state index in [1.54, 1.807) is 14.2 Å². The van der Waals surface area contributed by atoms with E-state index >= 15 is 0 Å². The van der Waals surface area contributed by atoms with E-state index in [1.807, 2.05) is 47.2 Å². The molecule has 1 atom stereocenters. The number of amides is 1. The summed E-state index contributed by atoms with van der Waals surface area (Å²) >= 11 is 0. The summed E-state index contributed by atoms with van der Waals surface area (Å²) in [4.78, 5) is 16.4. The van der Waals surface area contributed by atoms with E-state index in [0.29, 0.717) is 0 Å². The van der Waals surface area contributed by atoms with Crippen LogP contribution in [0.25, 0.3) is 21.8 Å². The third-order valence-corrected chi connectivity index (χ3v) is 6.04. The topological polar surface area (TPSA) is 68.3 Å². The maximum Gasteiger partial charge on any atom is 0.240 e. The summed E-state index contributed by atoms with van der Waals surface area (Å²) in [6.45, 7) is 0.287.